The lowest BCUT2D eigenvalue weighted by atomic mass is 9.82. The van der Waals surface area contributed by atoms with Crippen LogP contribution in [0.4, 0.5) is 4.39 Å². The van der Waals surface area contributed by atoms with E-state index in [9.17, 15) is 9.18 Å². The summed E-state index contributed by atoms with van der Waals surface area (Å²) in [5.74, 6) is -0.571. The van der Waals surface area contributed by atoms with Crippen molar-refractivity contribution in [1.82, 2.24) is 5.32 Å². The number of carbonyl (C=O) groups excluding carboxylic acids is 1. The van der Waals surface area contributed by atoms with E-state index in [0.29, 0.717) is 12.5 Å². The van der Waals surface area contributed by atoms with Crippen LogP contribution in [0.2, 0.25) is 0 Å². The predicted octanol–water partition coefficient (Wildman–Crippen LogP) is 1.33. The van der Waals surface area contributed by atoms with Gasteiger partial charge in [0.05, 0.1) is 11.7 Å². The smallest absolute Gasteiger partial charge is 0.254 e. The number of amides is 1. The molecule has 3 nitrogen and oxygen atoms in total. The molecule has 1 aliphatic rings. The summed E-state index contributed by atoms with van der Waals surface area (Å²) in [4.78, 5) is 11.6. The molecule has 1 fully saturated rings. The van der Waals surface area contributed by atoms with E-state index in [2.05, 4.69) is 5.32 Å². The van der Waals surface area contributed by atoms with Gasteiger partial charge in [-0.2, -0.15) is 0 Å². The summed E-state index contributed by atoms with van der Waals surface area (Å²) in [7, 11) is 0. The normalized spacial score (nSPS) is 23.6. The maximum atomic E-state index is 13.2. The highest BCUT2D eigenvalue weighted by Crippen LogP contribution is 2.26. The summed E-state index contributed by atoms with van der Waals surface area (Å²) in [6, 6.07) is 5.90. The SMILES string of the molecule is O=C(NCC1CC(O)C1)c1ccccc1F. The highest BCUT2D eigenvalue weighted by Gasteiger charge is 2.27. The molecule has 1 saturated carbocycles. The van der Waals surface area contributed by atoms with Crippen LogP contribution in [-0.2, 0) is 0 Å². The van der Waals surface area contributed by atoms with Crippen molar-refractivity contribution in [2.24, 2.45) is 5.92 Å². The van der Waals surface area contributed by atoms with E-state index in [4.69, 9.17) is 5.11 Å². The molecule has 2 rings (SSSR count). The number of halogens is 1. The fraction of sp³-hybridized carbons (Fsp3) is 0.417. The number of benzene rings is 1. The molecular weight excluding hydrogens is 209 g/mol. The maximum Gasteiger partial charge on any atom is 0.254 e. The molecule has 1 aromatic rings. The van der Waals surface area contributed by atoms with Gasteiger partial charge in [-0.25, -0.2) is 4.39 Å². The van der Waals surface area contributed by atoms with E-state index in [0.717, 1.165) is 12.8 Å². The Kier molecular flexibility index (Phi) is 3.19. The minimum absolute atomic E-state index is 0.0716. The predicted molar refractivity (Wildman–Crippen MR) is 57.5 cm³/mol. The second-order valence-electron chi connectivity index (χ2n) is 4.18. The largest absolute Gasteiger partial charge is 0.393 e. The van der Waals surface area contributed by atoms with Crippen LogP contribution in [0, 0.1) is 11.7 Å². The molecule has 86 valence electrons. The van der Waals surface area contributed by atoms with E-state index in [1.54, 1.807) is 12.1 Å². The first-order valence-corrected chi connectivity index (χ1v) is 5.37. The first kappa shape index (κ1) is 11.1. The Morgan fingerprint density at radius 2 is 2.12 bits per heavy atom. The Hall–Kier alpha value is -1.42. The van der Waals surface area contributed by atoms with Crippen LogP contribution in [0.15, 0.2) is 24.3 Å². The zero-order chi connectivity index (χ0) is 11.5. The van der Waals surface area contributed by atoms with E-state index in [-0.39, 0.29) is 17.6 Å². The van der Waals surface area contributed by atoms with E-state index in [1.807, 2.05) is 0 Å². The van der Waals surface area contributed by atoms with Gasteiger partial charge in [-0.05, 0) is 30.9 Å². The monoisotopic (exact) mass is 223 g/mol. The molecule has 0 unspecified atom stereocenters. The van der Waals surface area contributed by atoms with Crippen molar-refractivity contribution in [3.05, 3.63) is 35.6 Å². The van der Waals surface area contributed by atoms with Crippen LogP contribution in [0.5, 0.6) is 0 Å². The van der Waals surface area contributed by atoms with Crippen molar-refractivity contribution in [3.63, 3.8) is 0 Å². The van der Waals surface area contributed by atoms with Crippen LogP contribution < -0.4 is 5.32 Å². The van der Waals surface area contributed by atoms with Crippen LogP contribution >= 0.6 is 0 Å². The van der Waals surface area contributed by atoms with Gasteiger partial charge in [-0.3, -0.25) is 4.79 Å². The first-order chi connectivity index (χ1) is 7.66. The van der Waals surface area contributed by atoms with Crippen LogP contribution in [0.25, 0.3) is 0 Å². The van der Waals surface area contributed by atoms with Gasteiger partial charge in [0.1, 0.15) is 5.82 Å². The standard InChI is InChI=1S/C12H14FNO2/c13-11-4-2-1-3-10(11)12(16)14-7-8-5-9(15)6-8/h1-4,8-9,15H,5-7H2,(H,14,16). The zero-order valence-corrected chi connectivity index (χ0v) is 8.82. The molecule has 16 heavy (non-hydrogen) atoms. The topological polar surface area (TPSA) is 49.3 Å². The van der Waals surface area contributed by atoms with Gasteiger partial charge in [0.15, 0.2) is 0 Å². The van der Waals surface area contributed by atoms with Gasteiger partial charge < -0.3 is 10.4 Å². The molecule has 0 heterocycles. The van der Waals surface area contributed by atoms with Crippen molar-refractivity contribution in [2.45, 2.75) is 18.9 Å². The van der Waals surface area contributed by atoms with Gasteiger partial charge in [-0.15, -0.1) is 0 Å². The molecule has 1 aliphatic carbocycles. The van der Waals surface area contributed by atoms with Gasteiger partial charge in [0, 0.05) is 6.54 Å². The van der Waals surface area contributed by atoms with Gasteiger partial charge in [0.2, 0.25) is 0 Å². The second-order valence-corrected chi connectivity index (χ2v) is 4.18. The Labute approximate surface area is 93.3 Å². The number of aliphatic hydroxyl groups excluding tert-OH is 1. The van der Waals surface area contributed by atoms with Crippen molar-refractivity contribution >= 4 is 5.91 Å². The summed E-state index contributed by atoms with van der Waals surface area (Å²) in [5.41, 5.74) is 0.0716. The highest BCUT2D eigenvalue weighted by atomic mass is 19.1. The third kappa shape index (κ3) is 2.39. The molecule has 0 bridgehead atoms. The fourth-order valence-electron chi connectivity index (χ4n) is 1.84. The van der Waals surface area contributed by atoms with Gasteiger partial charge in [0.25, 0.3) is 5.91 Å². The molecule has 0 aliphatic heterocycles. The third-order valence-corrected chi connectivity index (χ3v) is 2.88. The summed E-state index contributed by atoms with van der Waals surface area (Å²) in [6.07, 6.45) is 1.21. The number of carbonyl (C=O) groups is 1. The number of hydrogen-bond acceptors (Lipinski definition) is 2. The summed E-state index contributed by atoms with van der Waals surface area (Å²) in [5, 5.41) is 11.7. The average Bonchev–Trinajstić information content (AvgIpc) is 2.23. The van der Waals surface area contributed by atoms with Crippen molar-refractivity contribution < 1.29 is 14.3 Å². The van der Waals surface area contributed by atoms with E-state index < -0.39 is 5.82 Å². The van der Waals surface area contributed by atoms with Crippen LogP contribution in [0.3, 0.4) is 0 Å². The number of rotatable bonds is 3. The first-order valence-electron chi connectivity index (χ1n) is 5.37. The Morgan fingerprint density at radius 3 is 2.75 bits per heavy atom. The molecule has 0 aromatic heterocycles. The van der Waals surface area contributed by atoms with Crippen molar-refractivity contribution in [3.8, 4) is 0 Å². The fourth-order valence-corrected chi connectivity index (χ4v) is 1.84. The summed E-state index contributed by atoms with van der Waals surface area (Å²) >= 11 is 0. The second kappa shape index (κ2) is 4.61. The van der Waals surface area contributed by atoms with E-state index >= 15 is 0 Å². The third-order valence-electron chi connectivity index (χ3n) is 2.88. The van der Waals surface area contributed by atoms with E-state index in [1.165, 1.54) is 12.1 Å². The zero-order valence-electron chi connectivity index (χ0n) is 8.82. The molecular formula is C12H14FNO2. The molecule has 1 amide bonds. The average molecular weight is 223 g/mol. The quantitative estimate of drug-likeness (QED) is 0.812. The van der Waals surface area contributed by atoms with Crippen molar-refractivity contribution in [1.29, 1.82) is 0 Å². The number of nitrogens with one attached hydrogen (secondary N) is 1. The van der Waals surface area contributed by atoms with Gasteiger partial charge in [-0.1, -0.05) is 12.1 Å². The lowest BCUT2D eigenvalue weighted by Gasteiger charge is -2.31. The molecule has 2 N–H and O–H groups in total. The van der Waals surface area contributed by atoms with Crippen LogP contribution in [-0.4, -0.2) is 23.7 Å². The summed E-state index contributed by atoms with van der Waals surface area (Å²) in [6.45, 7) is 0.504. The van der Waals surface area contributed by atoms with Crippen molar-refractivity contribution in [2.75, 3.05) is 6.54 Å². The number of aliphatic hydroxyl groups is 1. The molecule has 0 saturated heterocycles. The molecule has 0 atom stereocenters. The van der Waals surface area contributed by atoms with Gasteiger partial charge >= 0.3 is 0 Å². The molecule has 4 heteroatoms. The lowest BCUT2D eigenvalue weighted by molar-refractivity contribution is 0.0420. The minimum Gasteiger partial charge on any atom is -0.393 e. The molecule has 1 aromatic carbocycles. The number of hydrogen-bond donors (Lipinski definition) is 2. The molecule has 0 spiro atoms. The Bertz CT molecular complexity index is 388. The van der Waals surface area contributed by atoms with Crippen LogP contribution in [0.1, 0.15) is 23.2 Å². The maximum absolute atomic E-state index is 13.2. The Balaban J connectivity index is 1.86. The highest BCUT2D eigenvalue weighted by molar-refractivity contribution is 5.94. The lowest BCUT2D eigenvalue weighted by Crippen LogP contribution is -2.38. The molecule has 0 radical (unpaired) electrons. The minimum atomic E-state index is -0.506. The summed E-state index contributed by atoms with van der Waals surface area (Å²) < 4.78 is 13.2. The Morgan fingerprint density at radius 1 is 1.44 bits per heavy atom.